The molecule has 0 aliphatic carbocycles. The average Bonchev–Trinajstić information content (AvgIpc) is 2.77. The summed E-state index contributed by atoms with van der Waals surface area (Å²) >= 11 is 5.08. The van der Waals surface area contributed by atoms with Crippen LogP contribution >= 0.6 is 12.2 Å². The van der Waals surface area contributed by atoms with Crippen molar-refractivity contribution in [1.82, 2.24) is 0 Å². The maximum absolute atomic E-state index is 11.4. The molecular weight excluding hydrogens is 246 g/mol. The monoisotopic (exact) mass is 263 g/mol. The summed E-state index contributed by atoms with van der Waals surface area (Å²) in [4.78, 5) is 13.8. The van der Waals surface area contributed by atoms with Crippen LogP contribution in [0.25, 0.3) is 0 Å². The highest BCUT2D eigenvalue weighted by atomic mass is 32.1. The molecule has 96 valence electrons. The van der Waals surface area contributed by atoms with Crippen LogP contribution in [0.1, 0.15) is 24.0 Å². The van der Waals surface area contributed by atoms with Gasteiger partial charge in [0, 0.05) is 17.8 Å². The summed E-state index contributed by atoms with van der Waals surface area (Å²) in [6.45, 7) is 2.80. The molecule has 1 amide bonds. The van der Waals surface area contributed by atoms with Gasteiger partial charge in [0.2, 0.25) is 5.91 Å². The van der Waals surface area contributed by atoms with E-state index < -0.39 is 0 Å². The van der Waals surface area contributed by atoms with Gasteiger partial charge in [0.15, 0.2) is 0 Å². The summed E-state index contributed by atoms with van der Waals surface area (Å²) in [6, 6.07) is 5.66. The van der Waals surface area contributed by atoms with Crippen LogP contribution in [0, 0.1) is 6.92 Å². The highest BCUT2D eigenvalue weighted by molar-refractivity contribution is 7.80. The smallest absolute Gasteiger partial charge is 0.240 e. The Kier molecular flexibility index (Phi) is 3.52. The number of benzene rings is 1. The molecule has 0 spiro atoms. The molecule has 1 heterocycles. The van der Waals surface area contributed by atoms with Gasteiger partial charge in [0.1, 0.15) is 11.0 Å². The number of primary amides is 1. The van der Waals surface area contributed by atoms with Crippen molar-refractivity contribution in [1.29, 1.82) is 0 Å². The second-order valence-electron chi connectivity index (χ2n) is 4.64. The first-order valence-electron chi connectivity index (χ1n) is 5.97. The fraction of sp³-hybridized carbons (Fsp3) is 0.385. The molecule has 1 atom stereocenters. The van der Waals surface area contributed by atoms with E-state index in [1.165, 1.54) is 0 Å². The quantitative estimate of drug-likeness (QED) is 0.801. The standard InChI is InChI=1S/C13H17N3OS/c1-8-4-5-10(9(7-8)13(15)18)16-6-2-3-11(16)12(14)17/h4-5,7,11H,2-3,6H2,1H3,(H2,14,17)(H2,15,18). The molecular formula is C13H17N3OS. The first-order chi connectivity index (χ1) is 8.50. The highest BCUT2D eigenvalue weighted by Gasteiger charge is 2.30. The molecule has 1 unspecified atom stereocenters. The molecule has 1 aliphatic rings. The third-order valence-corrected chi connectivity index (χ3v) is 3.53. The number of thiocarbonyl (C=S) groups is 1. The lowest BCUT2D eigenvalue weighted by Gasteiger charge is -2.26. The second kappa shape index (κ2) is 4.94. The van der Waals surface area contributed by atoms with Gasteiger partial charge in [-0.2, -0.15) is 0 Å². The molecule has 1 saturated heterocycles. The Morgan fingerprint density at radius 2 is 2.17 bits per heavy atom. The molecule has 2 rings (SSSR count). The predicted molar refractivity (Wildman–Crippen MR) is 76.6 cm³/mol. The van der Waals surface area contributed by atoms with Crippen LogP contribution in [0.2, 0.25) is 0 Å². The Labute approximate surface area is 112 Å². The molecule has 0 bridgehead atoms. The normalized spacial score (nSPS) is 18.9. The molecule has 0 radical (unpaired) electrons. The molecule has 4 nitrogen and oxygen atoms in total. The average molecular weight is 263 g/mol. The Hall–Kier alpha value is -1.62. The molecule has 0 saturated carbocycles. The number of carbonyl (C=O) groups excluding carboxylic acids is 1. The summed E-state index contributed by atoms with van der Waals surface area (Å²) in [7, 11) is 0. The van der Waals surface area contributed by atoms with Gasteiger partial charge in [-0.15, -0.1) is 0 Å². The van der Waals surface area contributed by atoms with Gasteiger partial charge < -0.3 is 16.4 Å². The van der Waals surface area contributed by atoms with Gasteiger partial charge in [-0.1, -0.05) is 23.8 Å². The van der Waals surface area contributed by atoms with Crippen molar-refractivity contribution in [2.45, 2.75) is 25.8 Å². The highest BCUT2D eigenvalue weighted by Crippen LogP contribution is 2.29. The topological polar surface area (TPSA) is 72.3 Å². The molecule has 1 fully saturated rings. The van der Waals surface area contributed by atoms with Crippen molar-refractivity contribution in [3.8, 4) is 0 Å². The van der Waals surface area contributed by atoms with Gasteiger partial charge in [0.25, 0.3) is 0 Å². The molecule has 5 heteroatoms. The van der Waals surface area contributed by atoms with E-state index in [0.717, 1.165) is 36.2 Å². The number of carbonyl (C=O) groups is 1. The van der Waals surface area contributed by atoms with Crippen LogP contribution in [0.4, 0.5) is 5.69 Å². The van der Waals surface area contributed by atoms with Gasteiger partial charge in [-0.25, -0.2) is 0 Å². The number of rotatable bonds is 3. The largest absolute Gasteiger partial charge is 0.389 e. The Morgan fingerprint density at radius 1 is 1.44 bits per heavy atom. The van der Waals surface area contributed by atoms with E-state index in [4.69, 9.17) is 23.7 Å². The molecule has 18 heavy (non-hydrogen) atoms. The zero-order valence-corrected chi connectivity index (χ0v) is 11.2. The van der Waals surface area contributed by atoms with E-state index in [2.05, 4.69) is 0 Å². The van der Waals surface area contributed by atoms with Crippen molar-refractivity contribution >= 4 is 28.8 Å². The first kappa shape index (κ1) is 12.8. The Morgan fingerprint density at radius 3 is 2.78 bits per heavy atom. The lowest BCUT2D eigenvalue weighted by molar-refractivity contribution is -0.119. The van der Waals surface area contributed by atoms with Crippen LogP contribution in [-0.4, -0.2) is 23.5 Å². The minimum absolute atomic E-state index is 0.249. The van der Waals surface area contributed by atoms with Crippen LogP contribution in [0.5, 0.6) is 0 Å². The number of hydrogen-bond acceptors (Lipinski definition) is 3. The van der Waals surface area contributed by atoms with E-state index in [1.54, 1.807) is 0 Å². The van der Waals surface area contributed by atoms with Crippen molar-refractivity contribution in [2.24, 2.45) is 11.5 Å². The maximum Gasteiger partial charge on any atom is 0.240 e. The van der Waals surface area contributed by atoms with E-state index in [-0.39, 0.29) is 11.9 Å². The SMILES string of the molecule is Cc1ccc(N2CCCC2C(N)=O)c(C(N)=S)c1. The zero-order chi connectivity index (χ0) is 13.3. The summed E-state index contributed by atoms with van der Waals surface area (Å²) in [5.74, 6) is -0.290. The van der Waals surface area contributed by atoms with Gasteiger partial charge in [-0.05, 0) is 31.9 Å². The van der Waals surface area contributed by atoms with Gasteiger partial charge in [-0.3, -0.25) is 4.79 Å². The van der Waals surface area contributed by atoms with Crippen molar-refractivity contribution in [3.05, 3.63) is 29.3 Å². The Balaban J connectivity index is 2.44. The molecule has 0 aromatic heterocycles. The molecule has 1 aromatic carbocycles. The summed E-state index contributed by atoms with van der Waals surface area (Å²) in [6.07, 6.45) is 1.75. The lowest BCUT2D eigenvalue weighted by Crippen LogP contribution is -2.41. The fourth-order valence-electron chi connectivity index (χ4n) is 2.45. The Bertz CT molecular complexity index is 501. The molecule has 1 aliphatic heterocycles. The molecule has 1 aromatic rings. The second-order valence-corrected chi connectivity index (χ2v) is 5.08. The third kappa shape index (κ3) is 2.31. The van der Waals surface area contributed by atoms with Gasteiger partial charge in [0.05, 0.1) is 0 Å². The fourth-order valence-corrected chi connectivity index (χ4v) is 2.61. The van der Waals surface area contributed by atoms with Crippen molar-refractivity contribution in [2.75, 3.05) is 11.4 Å². The zero-order valence-electron chi connectivity index (χ0n) is 10.3. The number of hydrogen-bond donors (Lipinski definition) is 2. The number of amides is 1. The minimum atomic E-state index is -0.290. The number of nitrogens with two attached hydrogens (primary N) is 2. The van der Waals surface area contributed by atoms with Gasteiger partial charge >= 0.3 is 0 Å². The van der Waals surface area contributed by atoms with Crippen molar-refractivity contribution < 1.29 is 4.79 Å². The van der Waals surface area contributed by atoms with Crippen molar-refractivity contribution in [3.63, 3.8) is 0 Å². The van der Waals surface area contributed by atoms with E-state index >= 15 is 0 Å². The number of aryl methyl sites for hydroxylation is 1. The summed E-state index contributed by atoms with van der Waals surface area (Å²) < 4.78 is 0. The molecule has 4 N–H and O–H groups in total. The number of nitrogens with zero attached hydrogens (tertiary/aromatic N) is 1. The van der Waals surface area contributed by atoms with E-state index in [9.17, 15) is 4.79 Å². The van der Waals surface area contributed by atoms with E-state index in [1.807, 2.05) is 30.0 Å². The predicted octanol–water partition coefficient (Wildman–Crippen LogP) is 1.08. The van der Waals surface area contributed by atoms with Crippen LogP contribution < -0.4 is 16.4 Å². The third-order valence-electron chi connectivity index (χ3n) is 3.31. The summed E-state index contributed by atoms with van der Waals surface area (Å²) in [5, 5.41) is 0. The number of anilines is 1. The first-order valence-corrected chi connectivity index (χ1v) is 6.38. The lowest BCUT2D eigenvalue weighted by atomic mass is 10.1. The van der Waals surface area contributed by atoms with E-state index in [0.29, 0.717) is 4.99 Å². The summed E-state index contributed by atoms with van der Waals surface area (Å²) in [5.41, 5.74) is 14.0. The van der Waals surface area contributed by atoms with Crippen LogP contribution in [-0.2, 0) is 4.79 Å². The maximum atomic E-state index is 11.4. The van der Waals surface area contributed by atoms with Crippen LogP contribution in [0.3, 0.4) is 0 Å². The van der Waals surface area contributed by atoms with Crippen LogP contribution in [0.15, 0.2) is 18.2 Å². The minimum Gasteiger partial charge on any atom is -0.389 e.